The molecule has 98 valence electrons. The number of carboxylic acids is 1. The summed E-state index contributed by atoms with van der Waals surface area (Å²) in [4.78, 5) is 23.6. The average Bonchev–Trinajstić information content (AvgIpc) is 3.03. The lowest BCUT2D eigenvalue weighted by Crippen LogP contribution is -2.30. The molecule has 0 spiro atoms. The number of ether oxygens (including phenoxy) is 1. The first kappa shape index (κ1) is 12.9. The Labute approximate surface area is 109 Å². The molecule has 1 heterocycles. The molecule has 1 fully saturated rings. The van der Waals surface area contributed by atoms with E-state index in [2.05, 4.69) is 5.32 Å². The van der Waals surface area contributed by atoms with Gasteiger partial charge in [0.15, 0.2) is 11.5 Å². The number of thiophene rings is 1. The van der Waals surface area contributed by atoms with Crippen molar-refractivity contribution in [1.82, 2.24) is 5.32 Å². The lowest BCUT2D eigenvalue weighted by atomic mass is 10.3. The van der Waals surface area contributed by atoms with Crippen molar-refractivity contribution in [3.63, 3.8) is 0 Å². The van der Waals surface area contributed by atoms with Crippen LogP contribution in [0.15, 0.2) is 6.07 Å². The van der Waals surface area contributed by atoms with Gasteiger partial charge in [0, 0.05) is 10.9 Å². The topological polar surface area (TPSA) is 75.6 Å². The Hall–Kier alpha value is -1.56. The summed E-state index contributed by atoms with van der Waals surface area (Å²) >= 11 is 1.19. The molecule has 0 unspecified atom stereocenters. The SMILES string of the molecule is CCc1cc(OCC(=O)NC2CC2)c(C(=O)O)s1. The van der Waals surface area contributed by atoms with E-state index < -0.39 is 5.97 Å². The van der Waals surface area contributed by atoms with E-state index in [0.29, 0.717) is 0 Å². The minimum Gasteiger partial charge on any atom is -0.482 e. The minimum atomic E-state index is -1.02. The van der Waals surface area contributed by atoms with Crippen LogP contribution in [0, 0.1) is 0 Å². The van der Waals surface area contributed by atoms with Crippen LogP contribution in [0.5, 0.6) is 5.75 Å². The van der Waals surface area contributed by atoms with E-state index in [1.54, 1.807) is 6.07 Å². The number of carbonyl (C=O) groups is 2. The molecule has 0 bridgehead atoms. The van der Waals surface area contributed by atoms with Gasteiger partial charge >= 0.3 is 5.97 Å². The van der Waals surface area contributed by atoms with Crippen LogP contribution in [-0.2, 0) is 11.2 Å². The predicted molar refractivity (Wildman–Crippen MR) is 67.3 cm³/mol. The van der Waals surface area contributed by atoms with E-state index >= 15 is 0 Å². The molecule has 1 aromatic heterocycles. The highest BCUT2D eigenvalue weighted by atomic mass is 32.1. The van der Waals surface area contributed by atoms with Crippen LogP contribution in [0.3, 0.4) is 0 Å². The maximum atomic E-state index is 11.4. The molecule has 0 radical (unpaired) electrons. The molecule has 0 aliphatic heterocycles. The molecule has 18 heavy (non-hydrogen) atoms. The van der Waals surface area contributed by atoms with E-state index in [9.17, 15) is 9.59 Å². The van der Waals surface area contributed by atoms with Crippen LogP contribution >= 0.6 is 11.3 Å². The fourth-order valence-electron chi connectivity index (χ4n) is 1.49. The van der Waals surface area contributed by atoms with Gasteiger partial charge < -0.3 is 15.2 Å². The fourth-order valence-corrected chi connectivity index (χ4v) is 2.37. The van der Waals surface area contributed by atoms with Crippen molar-refractivity contribution in [2.24, 2.45) is 0 Å². The third-order valence-electron chi connectivity index (χ3n) is 2.59. The molecular weight excluding hydrogens is 254 g/mol. The van der Waals surface area contributed by atoms with Crippen LogP contribution in [0.25, 0.3) is 0 Å². The van der Waals surface area contributed by atoms with E-state index in [0.717, 1.165) is 24.1 Å². The van der Waals surface area contributed by atoms with Crippen molar-refractivity contribution in [1.29, 1.82) is 0 Å². The van der Waals surface area contributed by atoms with Crippen molar-refractivity contribution in [2.45, 2.75) is 32.2 Å². The number of aromatic carboxylic acids is 1. The summed E-state index contributed by atoms with van der Waals surface area (Å²) in [5, 5.41) is 11.8. The summed E-state index contributed by atoms with van der Waals surface area (Å²) in [7, 11) is 0. The molecule has 1 aliphatic carbocycles. The zero-order valence-corrected chi connectivity index (χ0v) is 10.9. The summed E-state index contributed by atoms with van der Waals surface area (Å²) in [5.41, 5.74) is 0. The maximum absolute atomic E-state index is 11.4. The number of carboxylic acid groups (broad SMARTS) is 1. The molecule has 5 nitrogen and oxygen atoms in total. The summed E-state index contributed by atoms with van der Waals surface area (Å²) < 4.78 is 5.29. The van der Waals surface area contributed by atoms with Gasteiger partial charge in [0.2, 0.25) is 0 Å². The summed E-state index contributed by atoms with van der Waals surface area (Å²) in [5.74, 6) is -0.925. The molecule has 0 saturated heterocycles. The van der Waals surface area contributed by atoms with Gasteiger partial charge in [-0.05, 0) is 25.3 Å². The Morgan fingerprint density at radius 2 is 2.28 bits per heavy atom. The molecule has 2 rings (SSSR count). The lowest BCUT2D eigenvalue weighted by molar-refractivity contribution is -0.123. The number of hydrogen-bond acceptors (Lipinski definition) is 4. The third-order valence-corrected chi connectivity index (χ3v) is 3.84. The molecule has 0 aromatic carbocycles. The van der Waals surface area contributed by atoms with Gasteiger partial charge in [-0.1, -0.05) is 6.92 Å². The molecule has 6 heteroatoms. The van der Waals surface area contributed by atoms with Crippen LogP contribution in [0.4, 0.5) is 0 Å². The molecule has 0 atom stereocenters. The molecule has 1 saturated carbocycles. The highest BCUT2D eigenvalue weighted by molar-refractivity contribution is 7.14. The van der Waals surface area contributed by atoms with Crippen LogP contribution in [0.2, 0.25) is 0 Å². The number of carbonyl (C=O) groups excluding carboxylic acids is 1. The van der Waals surface area contributed by atoms with Gasteiger partial charge in [-0.2, -0.15) is 0 Å². The van der Waals surface area contributed by atoms with E-state index in [4.69, 9.17) is 9.84 Å². The van der Waals surface area contributed by atoms with Crippen LogP contribution in [0.1, 0.15) is 34.3 Å². The number of rotatable bonds is 6. The fraction of sp³-hybridized carbons (Fsp3) is 0.500. The maximum Gasteiger partial charge on any atom is 0.349 e. The first-order valence-corrected chi connectivity index (χ1v) is 6.70. The number of hydrogen-bond donors (Lipinski definition) is 2. The van der Waals surface area contributed by atoms with Gasteiger partial charge in [0.05, 0.1) is 0 Å². The van der Waals surface area contributed by atoms with E-state index in [-0.39, 0.29) is 29.2 Å². The molecule has 1 aromatic rings. The van der Waals surface area contributed by atoms with Gasteiger partial charge in [0.1, 0.15) is 5.75 Å². The first-order valence-electron chi connectivity index (χ1n) is 5.88. The second kappa shape index (κ2) is 5.39. The standard InChI is InChI=1S/C12H15NO4S/c1-2-8-5-9(11(18-8)12(15)16)17-6-10(14)13-7-3-4-7/h5,7H,2-4,6H2,1H3,(H,13,14)(H,15,16). The monoisotopic (exact) mass is 269 g/mol. The van der Waals surface area contributed by atoms with Gasteiger partial charge in [-0.15, -0.1) is 11.3 Å². The molecular formula is C12H15NO4S. The molecule has 1 aliphatic rings. The first-order chi connectivity index (χ1) is 8.60. The van der Waals surface area contributed by atoms with E-state index in [1.165, 1.54) is 11.3 Å². The Kier molecular flexibility index (Phi) is 3.86. The Morgan fingerprint density at radius 3 is 2.83 bits per heavy atom. The highest BCUT2D eigenvalue weighted by Crippen LogP contribution is 2.29. The summed E-state index contributed by atoms with van der Waals surface area (Å²) in [6.45, 7) is 1.82. The smallest absolute Gasteiger partial charge is 0.349 e. The van der Waals surface area contributed by atoms with Crippen molar-refractivity contribution < 1.29 is 19.4 Å². The average molecular weight is 269 g/mol. The minimum absolute atomic E-state index is 0.128. The largest absolute Gasteiger partial charge is 0.482 e. The number of nitrogens with one attached hydrogen (secondary N) is 1. The number of aryl methyl sites for hydroxylation is 1. The van der Waals surface area contributed by atoms with Gasteiger partial charge in [0.25, 0.3) is 5.91 Å². The van der Waals surface area contributed by atoms with E-state index in [1.807, 2.05) is 6.92 Å². The van der Waals surface area contributed by atoms with Crippen LogP contribution in [-0.4, -0.2) is 29.6 Å². The Balaban J connectivity index is 1.96. The summed E-state index contributed by atoms with van der Waals surface area (Å²) in [6.07, 6.45) is 2.79. The van der Waals surface area contributed by atoms with Crippen molar-refractivity contribution in [3.8, 4) is 5.75 Å². The predicted octanol–water partition coefficient (Wildman–Crippen LogP) is 1.67. The van der Waals surface area contributed by atoms with Gasteiger partial charge in [-0.3, -0.25) is 4.79 Å². The van der Waals surface area contributed by atoms with Crippen LogP contribution < -0.4 is 10.1 Å². The molecule has 1 amide bonds. The zero-order chi connectivity index (χ0) is 13.1. The quantitative estimate of drug-likeness (QED) is 0.823. The molecule has 2 N–H and O–H groups in total. The van der Waals surface area contributed by atoms with Crippen molar-refractivity contribution in [2.75, 3.05) is 6.61 Å². The lowest BCUT2D eigenvalue weighted by Gasteiger charge is -2.05. The Morgan fingerprint density at radius 1 is 1.56 bits per heavy atom. The van der Waals surface area contributed by atoms with Crippen molar-refractivity contribution >= 4 is 23.2 Å². The Bertz CT molecular complexity index is 465. The summed E-state index contributed by atoms with van der Waals surface area (Å²) in [6, 6.07) is 1.98. The van der Waals surface area contributed by atoms with Gasteiger partial charge in [-0.25, -0.2) is 4.79 Å². The highest BCUT2D eigenvalue weighted by Gasteiger charge is 2.24. The second-order valence-corrected chi connectivity index (χ2v) is 5.33. The normalized spacial score (nSPS) is 14.3. The zero-order valence-electron chi connectivity index (χ0n) is 10.1. The third kappa shape index (κ3) is 3.22. The van der Waals surface area contributed by atoms with Crippen molar-refractivity contribution in [3.05, 3.63) is 15.8 Å². The number of amides is 1. The second-order valence-electron chi connectivity index (χ2n) is 4.20.